The molecule has 0 spiro atoms. The second-order valence-electron chi connectivity index (χ2n) is 4.51. The van der Waals surface area contributed by atoms with Gasteiger partial charge in [0.1, 0.15) is 6.04 Å². The third kappa shape index (κ3) is 4.38. The zero-order chi connectivity index (χ0) is 15.5. The highest BCUT2D eigenvalue weighted by atomic mass is 32.2. The van der Waals surface area contributed by atoms with E-state index < -0.39 is 23.7 Å². The van der Waals surface area contributed by atoms with Gasteiger partial charge in [0.25, 0.3) is 0 Å². The van der Waals surface area contributed by atoms with Gasteiger partial charge in [0.2, 0.25) is 11.8 Å². The maximum Gasteiger partial charge on any atom is 0.416 e. The number of hydrogen-bond acceptors (Lipinski definition) is 3. The maximum atomic E-state index is 12.4. The van der Waals surface area contributed by atoms with Gasteiger partial charge < -0.3 is 10.6 Å². The Kier molecular flexibility index (Phi) is 4.76. The van der Waals surface area contributed by atoms with E-state index in [4.69, 9.17) is 0 Å². The van der Waals surface area contributed by atoms with Gasteiger partial charge in [-0.1, -0.05) is 0 Å². The molecule has 1 aromatic rings. The molecule has 1 atom stereocenters. The summed E-state index contributed by atoms with van der Waals surface area (Å²) >= 11 is 1.48. The predicted octanol–water partition coefficient (Wildman–Crippen LogP) is 2.27. The third-order valence-electron chi connectivity index (χ3n) is 2.89. The van der Waals surface area contributed by atoms with Crippen molar-refractivity contribution >= 4 is 29.3 Å². The Morgan fingerprint density at radius 1 is 1.29 bits per heavy atom. The number of alkyl halides is 3. The van der Waals surface area contributed by atoms with Gasteiger partial charge in [-0.05, 0) is 24.3 Å². The molecule has 2 rings (SSSR count). The van der Waals surface area contributed by atoms with Crippen LogP contribution in [0.1, 0.15) is 12.0 Å². The molecule has 0 aromatic heterocycles. The van der Waals surface area contributed by atoms with E-state index >= 15 is 0 Å². The van der Waals surface area contributed by atoms with Crippen molar-refractivity contribution in [2.24, 2.45) is 0 Å². The van der Waals surface area contributed by atoms with Gasteiger partial charge in [0.05, 0.1) is 5.56 Å². The van der Waals surface area contributed by atoms with Crippen molar-refractivity contribution in [2.45, 2.75) is 18.6 Å². The van der Waals surface area contributed by atoms with Crippen LogP contribution in [0.2, 0.25) is 0 Å². The van der Waals surface area contributed by atoms with Crippen molar-refractivity contribution in [3.63, 3.8) is 0 Å². The standard InChI is InChI=1S/C13H13F3N2O2S/c14-13(15,16)8-1-3-9(4-2-8)17-12(20)10-7-21-6-5-11(19)18-10/h1-4,10H,5-7H2,(H,17,20)(H,18,19)/t10-/m0/s1. The second kappa shape index (κ2) is 6.38. The number of rotatable bonds is 2. The minimum Gasteiger partial charge on any atom is -0.343 e. The molecule has 0 bridgehead atoms. The molecule has 114 valence electrons. The maximum absolute atomic E-state index is 12.4. The van der Waals surface area contributed by atoms with Gasteiger partial charge in [-0.2, -0.15) is 24.9 Å². The van der Waals surface area contributed by atoms with Crippen LogP contribution in [-0.2, 0) is 15.8 Å². The van der Waals surface area contributed by atoms with Crippen molar-refractivity contribution < 1.29 is 22.8 Å². The lowest BCUT2D eigenvalue weighted by molar-refractivity contribution is -0.137. The number of benzene rings is 1. The lowest BCUT2D eigenvalue weighted by Crippen LogP contribution is -2.44. The Bertz CT molecular complexity index is 531. The van der Waals surface area contributed by atoms with Crippen molar-refractivity contribution in [1.82, 2.24) is 5.32 Å². The number of carbonyl (C=O) groups excluding carboxylic acids is 2. The number of hydrogen-bond donors (Lipinski definition) is 2. The zero-order valence-corrected chi connectivity index (χ0v) is 11.7. The lowest BCUT2D eigenvalue weighted by Gasteiger charge is -2.15. The smallest absolute Gasteiger partial charge is 0.343 e. The highest BCUT2D eigenvalue weighted by Crippen LogP contribution is 2.29. The number of halogens is 3. The monoisotopic (exact) mass is 318 g/mol. The largest absolute Gasteiger partial charge is 0.416 e. The van der Waals surface area contributed by atoms with E-state index in [-0.39, 0.29) is 11.6 Å². The quantitative estimate of drug-likeness (QED) is 0.879. The number of amides is 2. The predicted molar refractivity (Wildman–Crippen MR) is 73.9 cm³/mol. The van der Waals surface area contributed by atoms with Crippen molar-refractivity contribution in [1.29, 1.82) is 0 Å². The molecule has 2 amide bonds. The van der Waals surface area contributed by atoms with Crippen molar-refractivity contribution in [3.8, 4) is 0 Å². The summed E-state index contributed by atoms with van der Waals surface area (Å²) in [4.78, 5) is 23.4. The average Bonchev–Trinajstić information content (AvgIpc) is 2.63. The molecule has 8 heteroatoms. The second-order valence-corrected chi connectivity index (χ2v) is 5.66. The molecule has 21 heavy (non-hydrogen) atoms. The molecule has 4 nitrogen and oxygen atoms in total. The Balaban J connectivity index is 2.00. The fourth-order valence-electron chi connectivity index (χ4n) is 1.79. The number of anilines is 1. The Morgan fingerprint density at radius 3 is 2.57 bits per heavy atom. The molecule has 2 N–H and O–H groups in total. The summed E-state index contributed by atoms with van der Waals surface area (Å²) in [6.45, 7) is 0. The first kappa shape index (κ1) is 15.7. The van der Waals surface area contributed by atoms with E-state index in [1.54, 1.807) is 0 Å². The van der Waals surface area contributed by atoms with Gasteiger partial charge >= 0.3 is 6.18 Å². The molecule has 1 aromatic carbocycles. The van der Waals surface area contributed by atoms with Gasteiger partial charge in [0.15, 0.2) is 0 Å². The Morgan fingerprint density at radius 2 is 1.95 bits per heavy atom. The summed E-state index contributed by atoms with van der Waals surface area (Å²) in [6.07, 6.45) is -4.05. The summed E-state index contributed by atoms with van der Waals surface area (Å²) in [5.74, 6) is 0.457. The van der Waals surface area contributed by atoms with Crippen LogP contribution in [-0.4, -0.2) is 29.4 Å². The van der Waals surface area contributed by atoms with Crippen LogP contribution in [0.5, 0.6) is 0 Å². The van der Waals surface area contributed by atoms with E-state index in [1.165, 1.54) is 23.9 Å². The molecular weight excluding hydrogens is 305 g/mol. The fourth-order valence-corrected chi connectivity index (χ4v) is 2.75. The Hall–Kier alpha value is -1.70. The zero-order valence-electron chi connectivity index (χ0n) is 10.9. The molecule has 0 unspecified atom stereocenters. The van der Waals surface area contributed by atoms with Crippen LogP contribution in [0.4, 0.5) is 18.9 Å². The summed E-state index contributed by atoms with van der Waals surface area (Å²) in [5.41, 5.74) is -0.518. The van der Waals surface area contributed by atoms with Crippen LogP contribution in [0.15, 0.2) is 24.3 Å². The first-order valence-electron chi connectivity index (χ1n) is 6.21. The molecule has 1 aliphatic rings. The van der Waals surface area contributed by atoms with Crippen molar-refractivity contribution in [3.05, 3.63) is 29.8 Å². The minimum absolute atomic E-state index is 0.201. The summed E-state index contributed by atoms with van der Waals surface area (Å²) in [5, 5.41) is 5.09. The molecule has 1 aliphatic heterocycles. The number of thioether (sulfide) groups is 1. The van der Waals surface area contributed by atoms with Gasteiger partial charge in [-0.15, -0.1) is 0 Å². The molecule has 0 aliphatic carbocycles. The summed E-state index contributed by atoms with van der Waals surface area (Å²) < 4.78 is 37.3. The molecule has 1 saturated heterocycles. The van der Waals surface area contributed by atoms with E-state index in [1.807, 2.05) is 0 Å². The molecule has 0 saturated carbocycles. The first-order chi connectivity index (χ1) is 9.86. The van der Waals surface area contributed by atoms with E-state index in [0.29, 0.717) is 17.9 Å². The lowest BCUT2D eigenvalue weighted by atomic mass is 10.2. The third-order valence-corrected chi connectivity index (χ3v) is 3.95. The van der Waals surface area contributed by atoms with Crippen molar-refractivity contribution in [2.75, 3.05) is 16.8 Å². The van der Waals surface area contributed by atoms with Crippen LogP contribution in [0, 0.1) is 0 Å². The van der Waals surface area contributed by atoms with E-state index in [0.717, 1.165) is 12.1 Å². The molecular formula is C13H13F3N2O2S. The summed E-state index contributed by atoms with van der Waals surface area (Å²) in [7, 11) is 0. The highest BCUT2D eigenvalue weighted by molar-refractivity contribution is 7.99. The molecule has 1 heterocycles. The first-order valence-corrected chi connectivity index (χ1v) is 7.37. The molecule has 1 fully saturated rings. The minimum atomic E-state index is -4.41. The molecule has 0 radical (unpaired) electrons. The van der Waals surface area contributed by atoms with E-state index in [9.17, 15) is 22.8 Å². The topological polar surface area (TPSA) is 58.2 Å². The van der Waals surface area contributed by atoms with E-state index in [2.05, 4.69) is 10.6 Å². The number of nitrogens with one attached hydrogen (secondary N) is 2. The van der Waals surface area contributed by atoms with Crippen LogP contribution < -0.4 is 10.6 Å². The Labute approximate surface area is 123 Å². The van der Waals surface area contributed by atoms with Crippen LogP contribution in [0.25, 0.3) is 0 Å². The van der Waals surface area contributed by atoms with Gasteiger partial charge in [-0.25, -0.2) is 0 Å². The normalized spacial score (nSPS) is 19.6. The van der Waals surface area contributed by atoms with Crippen LogP contribution in [0.3, 0.4) is 0 Å². The fraction of sp³-hybridized carbons (Fsp3) is 0.385. The average molecular weight is 318 g/mol. The van der Waals surface area contributed by atoms with Gasteiger partial charge in [0, 0.05) is 23.6 Å². The SMILES string of the molecule is O=C1CCSC[C@@H](C(=O)Nc2ccc(C(F)(F)F)cc2)N1. The highest BCUT2D eigenvalue weighted by Gasteiger charge is 2.30. The van der Waals surface area contributed by atoms with Crippen LogP contribution >= 0.6 is 11.8 Å². The van der Waals surface area contributed by atoms with Gasteiger partial charge in [-0.3, -0.25) is 9.59 Å². The number of carbonyl (C=O) groups is 2. The summed E-state index contributed by atoms with van der Waals surface area (Å²) in [6, 6.07) is 3.50.